The highest BCUT2D eigenvalue weighted by atomic mass is 16.6. The Hall–Kier alpha value is -0.870. The first-order valence-corrected chi connectivity index (χ1v) is 5.38. The number of aliphatic hydroxyl groups excluding tert-OH is 2. The molecule has 0 aromatic heterocycles. The summed E-state index contributed by atoms with van der Waals surface area (Å²) in [4.78, 5) is 10.9. The van der Waals surface area contributed by atoms with Crippen molar-refractivity contribution in [3.8, 4) is 0 Å². The first-order valence-electron chi connectivity index (χ1n) is 5.38. The first kappa shape index (κ1) is 12.2. The third-order valence-corrected chi connectivity index (χ3v) is 2.52. The van der Waals surface area contributed by atoms with Gasteiger partial charge in [0.15, 0.2) is 0 Å². The second-order valence-electron chi connectivity index (χ2n) is 3.81. The summed E-state index contributed by atoms with van der Waals surface area (Å²) in [6.07, 6.45) is 3.43. The Morgan fingerprint density at radius 1 is 1.60 bits per heavy atom. The van der Waals surface area contributed by atoms with Crippen molar-refractivity contribution < 1.29 is 19.7 Å². The molecule has 0 saturated carbocycles. The monoisotopic (exact) mass is 214 g/mol. The number of hydrogen-bond acceptors (Lipinski definition) is 4. The topological polar surface area (TPSA) is 66.8 Å². The lowest BCUT2D eigenvalue weighted by Gasteiger charge is -2.27. The lowest BCUT2D eigenvalue weighted by Crippen LogP contribution is -2.40. The number of unbranched alkanes of at least 4 members (excludes halogenated alkanes) is 1. The van der Waals surface area contributed by atoms with E-state index in [0.29, 0.717) is 12.8 Å². The molecule has 15 heavy (non-hydrogen) atoms. The maximum absolute atomic E-state index is 10.9. The maximum atomic E-state index is 10.9. The molecule has 0 unspecified atom stereocenters. The summed E-state index contributed by atoms with van der Waals surface area (Å²) in [5, 5.41) is 19.3. The van der Waals surface area contributed by atoms with Crippen LogP contribution in [0.1, 0.15) is 32.6 Å². The van der Waals surface area contributed by atoms with Crippen LogP contribution in [0.2, 0.25) is 0 Å². The summed E-state index contributed by atoms with van der Waals surface area (Å²) < 4.78 is 4.91. The zero-order valence-corrected chi connectivity index (χ0v) is 8.93. The molecule has 0 aromatic rings. The second-order valence-corrected chi connectivity index (χ2v) is 3.81. The predicted octanol–water partition coefficient (Wildman–Crippen LogP) is 0.770. The highest BCUT2D eigenvalue weighted by Crippen LogP contribution is 2.16. The number of carbonyl (C=O) groups is 1. The molecule has 0 fully saturated rings. The van der Waals surface area contributed by atoms with Gasteiger partial charge in [-0.25, -0.2) is 4.79 Å². The van der Waals surface area contributed by atoms with E-state index in [-0.39, 0.29) is 0 Å². The fraction of sp³-hybridized carbons (Fsp3) is 0.727. The second kappa shape index (κ2) is 5.88. The molecule has 0 radical (unpaired) electrons. The highest BCUT2D eigenvalue weighted by molar-refractivity contribution is 5.82. The quantitative estimate of drug-likeness (QED) is 0.663. The van der Waals surface area contributed by atoms with Gasteiger partial charge in [0.25, 0.3) is 0 Å². The van der Waals surface area contributed by atoms with E-state index in [1.807, 2.05) is 6.92 Å². The highest BCUT2D eigenvalue weighted by Gasteiger charge is 2.29. The van der Waals surface area contributed by atoms with Crippen LogP contribution in [0.4, 0.5) is 0 Å². The van der Waals surface area contributed by atoms with Crippen LogP contribution < -0.4 is 0 Å². The van der Waals surface area contributed by atoms with Gasteiger partial charge >= 0.3 is 5.97 Å². The Morgan fingerprint density at radius 3 is 2.93 bits per heavy atom. The van der Waals surface area contributed by atoms with Crippen molar-refractivity contribution in [1.29, 1.82) is 0 Å². The molecule has 1 heterocycles. The lowest BCUT2D eigenvalue weighted by molar-refractivity contribution is -0.155. The van der Waals surface area contributed by atoms with Crippen molar-refractivity contribution in [1.82, 2.24) is 0 Å². The van der Waals surface area contributed by atoms with E-state index in [9.17, 15) is 15.0 Å². The van der Waals surface area contributed by atoms with Gasteiger partial charge < -0.3 is 14.9 Å². The van der Waals surface area contributed by atoms with E-state index < -0.39 is 24.3 Å². The van der Waals surface area contributed by atoms with Gasteiger partial charge in [-0.2, -0.15) is 0 Å². The largest absolute Gasteiger partial charge is 0.456 e. The minimum atomic E-state index is -0.981. The van der Waals surface area contributed by atoms with Gasteiger partial charge in [-0.3, -0.25) is 0 Å². The third-order valence-electron chi connectivity index (χ3n) is 2.52. The van der Waals surface area contributed by atoms with E-state index in [1.54, 1.807) is 6.08 Å². The molecule has 3 atom stereocenters. The Labute approximate surface area is 89.6 Å². The third kappa shape index (κ3) is 3.64. The van der Waals surface area contributed by atoms with Crippen LogP contribution in [0.3, 0.4) is 0 Å². The molecule has 0 aliphatic carbocycles. The SMILES string of the molecule is CCCC[C@@H](O)[C@@H](O)[C@@H]1CC=CC(=O)O1. The summed E-state index contributed by atoms with van der Waals surface area (Å²) >= 11 is 0. The smallest absolute Gasteiger partial charge is 0.330 e. The van der Waals surface area contributed by atoms with Crippen LogP contribution in [-0.2, 0) is 9.53 Å². The number of carbonyl (C=O) groups excluding carboxylic acids is 1. The van der Waals surface area contributed by atoms with E-state index in [0.717, 1.165) is 12.8 Å². The number of cyclic esters (lactones) is 1. The first-order chi connectivity index (χ1) is 7.15. The van der Waals surface area contributed by atoms with Crippen molar-refractivity contribution in [3.63, 3.8) is 0 Å². The lowest BCUT2D eigenvalue weighted by atomic mass is 9.99. The Kier molecular flexibility index (Phi) is 4.78. The van der Waals surface area contributed by atoms with Crippen molar-refractivity contribution in [2.45, 2.75) is 50.9 Å². The average Bonchev–Trinajstić information content (AvgIpc) is 2.24. The van der Waals surface area contributed by atoms with Gasteiger partial charge in [0.1, 0.15) is 12.2 Å². The summed E-state index contributed by atoms with van der Waals surface area (Å²) in [6, 6.07) is 0. The normalized spacial score (nSPS) is 24.7. The van der Waals surface area contributed by atoms with E-state index in [2.05, 4.69) is 0 Å². The molecule has 86 valence electrons. The van der Waals surface area contributed by atoms with E-state index >= 15 is 0 Å². The van der Waals surface area contributed by atoms with E-state index in [4.69, 9.17) is 4.74 Å². The standard InChI is InChI=1S/C11H18O4/c1-2-3-5-8(12)11(14)9-6-4-7-10(13)15-9/h4,7-9,11-12,14H,2-3,5-6H2,1H3/t8-,9+,11-/m1/s1. The number of esters is 1. The minimum Gasteiger partial charge on any atom is -0.456 e. The van der Waals surface area contributed by atoms with Gasteiger partial charge in [-0.15, -0.1) is 0 Å². The molecule has 0 spiro atoms. The fourth-order valence-electron chi connectivity index (χ4n) is 1.58. The molecule has 1 rings (SSSR count). The molecule has 0 aromatic carbocycles. The van der Waals surface area contributed by atoms with Crippen molar-refractivity contribution in [3.05, 3.63) is 12.2 Å². The molecule has 4 heteroatoms. The van der Waals surface area contributed by atoms with Gasteiger partial charge in [0.2, 0.25) is 0 Å². The molecule has 0 saturated heterocycles. The number of hydrogen-bond donors (Lipinski definition) is 2. The zero-order chi connectivity index (χ0) is 11.3. The van der Waals surface area contributed by atoms with Crippen LogP contribution in [0.15, 0.2) is 12.2 Å². The molecular weight excluding hydrogens is 196 g/mol. The molecule has 0 bridgehead atoms. The predicted molar refractivity (Wildman–Crippen MR) is 55.2 cm³/mol. The summed E-state index contributed by atoms with van der Waals surface area (Å²) in [5.74, 6) is -0.451. The summed E-state index contributed by atoms with van der Waals surface area (Å²) in [5.41, 5.74) is 0. The molecular formula is C11H18O4. The van der Waals surface area contributed by atoms with Crippen LogP contribution in [-0.4, -0.2) is 34.5 Å². The Bertz CT molecular complexity index is 237. The number of rotatable bonds is 5. The zero-order valence-electron chi connectivity index (χ0n) is 8.93. The Balaban J connectivity index is 2.41. The molecule has 1 aliphatic rings. The van der Waals surface area contributed by atoms with Crippen LogP contribution in [0, 0.1) is 0 Å². The van der Waals surface area contributed by atoms with Gasteiger partial charge in [-0.05, 0) is 6.42 Å². The van der Waals surface area contributed by atoms with Crippen molar-refractivity contribution in [2.75, 3.05) is 0 Å². The van der Waals surface area contributed by atoms with E-state index in [1.165, 1.54) is 6.08 Å². The molecule has 1 aliphatic heterocycles. The summed E-state index contributed by atoms with van der Waals surface area (Å²) in [7, 11) is 0. The molecule has 4 nitrogen and oxygen atoms in total. The number of aliphatic hydroxyl groups is 2. The van der Waals surface area contributed by atoms with Crippen molar-refractivity contribution in [2.24, 2.45) is 0 Å². The molecule has 2 N–H and O–H groups in total. The van der Waals surface area contributed by atoms with Crippen LogP contribution in [0.5, 0.6) is 0 Å². The van der Waals surface area contributed by atoms with Gasteiger partial charge in [0, 0.05) is 12.5 Å². The van der Waals surface area contributed by atoms with Crippen LogP contribution >= 0.6 is 0 Å². The maximum Gasteiger partial charge on any atom is 0.330 e. The van der Waals surface area contributed by atoms with Crippen molar-refractivity contribution >= 4 is 5.97 Å². The molecule has 0 amide bonds. The average molecular weight is 214 g/mol. The van der Waals surface area contributed by atoms with Crippen LogP contribution in [0.25, 0.3) is 0 Å². The van der Waals surface area contributed by atoms with Gasteiger partial charge in [0.05, 0.1) is 6.10 Å². The summed E-state index contributed by atoms with van der Waals surface area (Å²) in [6.45, 7) is 2.02. The van der Waals surface area contributed by atoms with Gasteiger partial charge in [-0.1, -0.05) is 25.8 Å². The minimum absolute atomic E-state index is 0.451. The fourth-order valence-corrected chi connectivity index (χ4v) is 1.58. The number of ether oxygens (including phenoxy) is 1. The Morgan fingerprint density at radius 2 is 2.33 bits per heavy atom.